The average Bonchev–Trinajstić information content (AvgIpc) is 3.14. The molecule has 1 aromatic heterocycles. The van der Waals surface area contributed by atoms with Gasteiger partial charge in [0.2, 0.25) is 5.91 Å². The lowest BCUT2D eigenvalue weighted by Crippen LogP contribution is -2.41. The minimum Gasteiger partial charge on any atom is -0.356 e. The second kappa shape index (κ2) is 8.11. The Hall–Kier alpha value is -1.88. The van der Waals surface area contributed by atoms with E-state index in [4.69, 9.17) is 0 Å². The molecule has 23 heavy (non-hydrogen) atoms. The number of nitrogens with zero attached hydrogens (tertiary/aromatic N) is 2. The van der Waals surface area contributed by atoms with Crippen LogP contribution in [0.25, 0.3) is 0 Å². The Labute approximate surface area is 141 Å². The van der Waals surface area contributed by atoms with Gasteiger partial charge in [-0.2, -0.15) is 0 Å². The zero-order valence-corrected chi connectivity index (χ0v) is 14.1. The fourth-order valence-corrected chi connectivity index (χ4v) is 3.71. The van der Waals surface area contributed by atoms with Crippen LogP contribution in [0.15, 0.2) is 41.9 Å². The number of thiazole rings is 1. The summed E-state index contributed by atoms with van der Waals surface area (Å²) in [6.07, 6.45) is 5.58. The highest BCUT2D eigenvalue weighted by atomic mass is 32.1. The fraction of sp³-hybridized carbons (Fsp3) is 0.444. The summed E-state index contributed by atoms with van der Waals surface area (Å²) in [5.74, 6) is 0.675. The Bertz CT molecular complexity index is 600. The van der Waals surface area contributed by atoms with E-state index in [0.29, 0.717) is 12.3 Å². The molecular weight excluding hydrogens is 306 g/mol. The summed E-state index contributed by atoms with van der Waals surface area (Å²) < 4.78 is 0. The summed E-state index contributed by atoms with van der Waals surface area (Å²) in [5, 5.41) is 6.23. The van der Waals surface area contributed by atoms with Gasteiger partial charge in [0, 0.05) is 37.6 Å². The van der Waals surface area contributed by atoms with Crippen LogP contribution in [0.3, 0.4) is 0 Å². The van der Waals surface area contributed by atoms with Crippen molar-refractivity contribution < 1.29 is 4.79 Å². The summed E-state index contributed by atoms with van der Waals surface area (Å²) in [6.45, 7) is 2.84. The first-order valence-electron chi connectivity index (χ1n) is 8.26. The molecule has 1 saturated heterocycles. The predicted octanol–water partition coefficient (Wildman–Crippen LogP) is 3.11. The molecule has 0 aliphatic carbocycles. The van der Waals surface area contributed by atoms with E-state index >= 15 is 0 Å². The molecule has 0 spiro atoms. The fourth-order valence-electron chi connectivity index (χ4n) is 3.03. The monoisotopic (exact) mass is 329 g/mol. The van der Waals surface area contributed by atoms with E-state index < -0.39 is 0 Å². The first-order valence-corrected chi connectivity index (χ1v) is 9.14. The SMILES string of the molecule is O=C(CCc1ccccc1)NCC1CCCN(c2nccs2)C1. The number of carbonyl (C=O) groups is 1. The molecule has 4 nitrogen and oxygen atoms in total. The Morgan fingerprint density at radius 1 is 1.35 bits per heavy atom. The van der Waals surface area contributed by atoms with Crippen LogP contribution in [-0.2, 0) is 11.2 Å². The molecule has 1 unspecified atom stereocenters. The van der Waals surface area contributed by atoms with Crippen molar-refractivity contribution in [2.45, 2.75) is 25.7 Å². The second-order valence-corrected chi connectivity index (χ2v) is 6.93. The molecule has 1 atom stereocenters. The van der Waals surface area contributed by atoms with Crippen molar-refractivity contribution in [2.24, 2.45) is 5.92 Å². The van der Waals surface area contributed by atoms with Gasteiger partial charge in [-0.05, 0) is 30.7 Å². The summed E-state index contributed by atoms with van der Waals surface area (Å²) in [7, 11) is 0. The normalized spacial score (nSPS) is 17.9. The Balaban J connectivity index is 1.40. The molecule has 1 aliphatic rings. The van der Waals surface area contributed by atoms with Crippen molar-refractivity contribution >= 4 is 22.4 Å². The molecule has 2 aromatic rings. The lowest BCUT2D eigenvalue weighted by molar-refractivity contribution is -0.121. The van der Waals surface area contributed by atoms with E-state index in [-0.39, 0.29) is 5.91 Å². The van der Waals surface area contributed by atoms with Crippen LogP contribution < -0.4 is 10.2 Å². The standard InChI is InChI=1S/C18H23N3OS/c22-17(9-8-15-5-2-1-3-6-15)20-13-16-7-4-11-21(14-16)18-19-10-12-23-18/h1-3,5-6,10,12,16H,4,7-9,11,13-14H2,(H,20,22). The minimum absolute atomic E-state index is 0.153. The zero-order valence-electron chi connectivity index (χ0n) is 13.3. The van der Waals surface area contributed by atoms with Crippen LogP contribution in [-0.4, -0.2) is 30.5 Å². The lowest BCUT2D eigenvalue weighted by Gasteiger charge is -2.32. The van der Waals surface area contributed by atoms with E-state index in [2.05, 4.69) is 27.3 Å². The molecule has 0 radical (unpaired) electrons. The Morgan fingerprint density at radius 2 is 2.22 bits per heavy atom. The second-order valence-electron chi connectivity index (χ2n) is 6.06. The minimum atomic E-state index is 0.153. The molecular formula is C18H23N3OS. The van der Waals surface area contributed by atoms with Crippen LogP contribution >= 0.6 is 11.3 Å². The van der Waals surface area contributed by atoms with Gasteiger partial charge in [-0.25, -0.2) is 4.98 Å². The van der Waals surface area contributed by atoms with Gasteiger partial charge in [-0.3, -0.25) is 4.79 Å². The van der Waals surface area contributed by atoms with E-state index in [1.54, 1.807) is 11.3 Å². The largest absolute Gasteiger partial charge is 0.356 e. The number of nitrogens with one attached hydrogen (secondary N) is 1. The van der Waals surface area contributed by atoms with Crippen molar-refractivity contribution in [2.75, 3.05) is 24.5 Å². The van der Waals surface area contributed by atoms with Crippen molar-refractivity contribution in [3.63, 3.8) is 0 Å². The van der Waals surface area contributed by atoms with Crippen LogP contribution in [0.1, 0.15) is 24.8 Å². The van der Waals surface area contributed by atoms with Gasteiger partial charge in [0.05, 0.1) is 0 Å². The third kappa shape index (κ3) is 4.79. The number of piperidine rings is 1. The van der Waals surface area contributed by atoms with E-state index in [9.17, 15) is 4.79 Å². The maximum absolute atomic E-state index is 12.0. The Kier molecular flexibility index (Phi) is 5.64. The molecule has 1 aliphatic heterocycles. The maximum atomic E-state index is 12.0. The summed E-state index contributed by atoms with van der Waals surface area (Å²) >= 11 is 1.69. The van der Waals surface area contributed by atoms with E-state index in [1.807, 2.05) is 29.8 Å². The molecule has 122 valence electrons. The number of carbonyl (C=O) groups excluding carboxylic acids is 1. The van der Waals surface area contributed by atoms with Gasteiger partial charge in [-0.15, -0.1) is 11.3 Å². The van der Waals surface area contributed by atoms with E-state index in [1.165, 1.54) is 18.4 Å². The number of amides is 1. The van der Waals surface area contributed by atoms with Crippen LogP contribution in [0, 0.1) is 5.92 Å². The highest BCUT2D eigenvalue weighted by Crippen LogP contribution is 2.24. The molecule has 1 fully saturated rings. The average molecular weight is 329 g/mol. The first-order chi connectivity index (χ1) is 11.3. The number of aromatic nitrogens is 1. The van der Waals surface area contributed by atoms with Crippen LogP contribution in [0.2, 0.25) is 0 Å². The summed E-state index contributed by atoms with van der Waals surface area (Å²) in [5.41, 5.74) is 1.22. The zero-order chi connectivity index (χ0) is 15.9. The number of hydrogen-bond donors (Lipinski definition) is 1. The van der Waals surface area contributed by atoms with Crippen molar-refractivity contribution in [3.8, 4) is 0 Å². The van der Waals surface area contributed by atoms with Gasteiger partial charge in [-0.1, -0.05) is 30.3 Å². The lowest BCUT2D eigenvalue weighted by atomic mass is 9.98. The third-order valence-electron chi connectivity index (χ3n) is 4.28. The molecule has 5 heteroatoms. The molecule has 0 bridgehead atoms. The highest BCUT2D eigenvalue weighted by molar-refractivity contribution is 7.13. The van der Waals surface area contributed by atoms with Crippen LogP contribution in [0.5, 0.6) is 0 Å². The van der Waals surface area contributed by atoms with Gasteiger partial charge in [0.25, 0.3) is 0 Å². The molecule has 1 amide bonds. The van der Waals surface area contributed by atoms with Gasteiger partial charge in [0.15, 0.2) is 5.13 Å². The highest BCUT2D eigenvalue weighted by Gasteiger charge is 2.21. The predicted molar refractivity (Wildman–Crippen MR) is 94.8 cm³/mol. The number of hydrogen-bond acceptors (Lipinski definition) is 4. The number of rotatable bonds is 6. The quantitative estimate of drug-likeness (QED) is 0.886. The topological polar surface area (TPSA) is 45.2 Å². The summed E-state index contributed by atoms with van der Waals surface area (Å²) in [4.78, 5) is 18.8. The first kappa shape index (κ1) is 16.0. The molecule has 1 N–H and O–H groups in total. The van der Waals surface area contributed by atoms with Gasteiger partial charge in [0.1, 0.15) is 0 Å². The maximum Gasteiger partial charge on any atom is 0.220 e. The molecule has 1 aromatic carbocycles. The van der Waals surface area contributed by atoms with Crippen molar-refractivity contribution in [1.82, 2.24) is 10.3 Å². The molecule has 0 saturated carbocycles. The van der Waals surface area contributed by atoms with E-state index in [0.717, 1.165) is 31.2 Å². The third-order valence-corrected chi connectivity index (χ3v) is 5.11. The van der Waals surface area contributed by atoms with Gasteiger partial charge >= 0.3 is 0 Å². The number of anilines is 1. The Morgan fingerprint density at radius 3 is 3.00 bits per heavy atom. The number of benzene rings is 1. The molecule has 2 heterocycles. The molecule has 3 rings (SSSR count). The van der Waals surface area contributed by atoms with Crippen molar-refractivity contribution in [1.29, 1.82) is 0 Å². The van der Waals surface area contributed by atoms with Gasteiger partial charge < -0.3 is 10.2 Å². The van der Waals surface area contributed by atoms with Crippen molar-refractivity contribution in [3.05, 3.63) is 47.5 Å². The smallest absolute Gasteiger partial charge is 0.220 e. The number of aryl methyl sites for hydroxylation is 1. The van der Waals surface area contributed by atoms with Crippen LogP contribution in [0.4, 0.5) is 5.13 Å². The summed E-state index contributed by atoms with van der Waals surface area (Å²) in [6, 6.07) is 10.2.